The molecule has 1 aromatic heterocycles. The summed E-state index contributed by atoms with van der Waals surface area (Å²) in [6, 6.07) is 5.91. The molecule has 0 saturated carbocycles. The molecule has 1 aromatic carbocycles. The van der Waals surface area contributed by atoms with Gasteiger partial charge in [-0.25, -0.2) is 4.79 Å². The summed E-state index contributed by atoms with van der Waals surface area (Å²) >= 11 is 0. The van der Waals surface area contributed by atoms with Gasteiger partial charge in [-0.2, -0.15) is 5.10 Å². The van der Waals surface area contributed by atoms with Crippen molar-refractivity contribution in [2.75, 3.05) is 25.1 Å². The van der Waals surface area contributed by atoms with Crippen LogP contribution < -0.4 is 14.8 Å². The molecule has 7 heteroatoms. The number of hydrogen-bond acceptors (Lipinski definition) is 4. The molecule has 27 heavy (non-hydrogen) atoms. The van der Waals surface area contributed by atoms with Crippen molar-refractivity contribution >= 4 is 11.7 Å². The van der Waals surface area contributed by atoms with E-state index in [1.54, 1.807) is 6.20 Å². The molecule has 1 N–H and O–H groups in total. The zero-order valence-corrected chi connectivity index (χ0v) is 15.7. The quantitative estimate of drug-likeness (QED) is 0.895. The SMILES string of the molecule is Cc1cc2c(cc1NC(=O)N1CCCC[C@H]1CCn1cccn1)OCCO2. The number of fused-ring (bicyclic) bond motifs is 1. The van der Waals surface area contributed by atoms with Crippen LogP contribution in [0.2, 0.25) is 0 Å². The predicted molar refractivity (Wildman–Crippen MR) is 102 cm³/mol. The number of piperidine rings is 1. The Balaban J connectivity index is 1.44. The van der Waals surface area contributed by atoms with Gasteiger partial charge in [-0.1, -0.05) is 0 Å². The minimum Gasteiger partial charge on any atom is -0.486 e. The summed E-state index contributed by atoms with van der Waals surface area (Å²) in [5.41, 5.74) is 1.75. The second-order valence-electron chi connectivity index (χ2n) is 7.14. The number of nitrogens with zero attached hydrogens (tertiary/aromatic N) is 3. The molecule has 1 saturated heterocycles. The van der Waals surface area contributed by atoms with Crippen LogP contribution in [0.5, 0.6) is 11.5 Å². The average Bonchev–Trinajstić information content (AvgIpc) is 3.21. The standard InChI is InChI=1S/C20H26N4O3/c1-15-13-18-19(27-12-11-26-18)14-17(15)22-20(25)24-9-3-2-5-16(24)6-10-23-8-4-7-21-23/h4,7-8,13-14,16H,2-3,5-6,9-12H2,1H3,(H,22,25)/t16-/m0/s1. The molecule has 0 unspecified atom stereocenters. The third-order valence-electron chi connectivity index (χ3n) is 5.27. The molecule has 3 heterocycles. The Morgan fingerprint density at radius 1 is 1.26 bits per heavy atom. The second-order valence-corrected chi connectivity index (χ2v) is 7.14. The van der Waals surface area contributed by atoms with Crippen LogP contribution in [0.15, 0.2) is 30.6 Å². The van der Waals surface area contributed by atoms with Gasteiger partial charge in [-0.05, 0) is 50.3 Å². The van der Waals surface area contributed by atoms with E-state index in [-0.39, 0.29) is 12.1 Å². The van der Waals surface area contributed by atoms with Gasteiger partial charge in [-0.3, -0.25) is 4.68 Å². The lowest BCUT2D eigenvalue weighted by molar-refractivity contribution is 0.154. The van der Waals surface area contributed by atoms with Crippen molar-refractivity contribution in [2.45, 2.75) is 45.2 Å². The van der Waals surface area contributed by atoms with Gasteiger partial charge in [0.05, 0.1) is 0 Å². The zero-order valence-electron chi connectivity index (χ0n) is 15.7. The Kier molecular flexibility index (Phi) is 5.18. The molecular weight excluding hydrogens is 344 g/mol. The first-order chi connectivity index (χ1) is 13.2. The summed E-state index contributed by atoms with van der Waals surface area (Å²) in [5.74, 6) is 1.43. The average molecular weight is 370 g/mol. The molecule has 0 spiro atoms. The van der Waals surface area contributed by atoms with E-state index >= 15 is 0 Å². The molecule has 4 rings (SSSR count). The lowest BCUT2D eigenvalue weighted by Gasteiger charge is -2.36. The van der Waals surface area contributed by atoms with Crippen LogP contribution in [-0.2, 0) is 6.54 Å². The van der Waals surface area contributed by atoms with E-state index in [9.17, 15) is 4.79 Å². The van der Waals surface area contributed by atoms with Gasteiger partial charge in [-0.15, -0.1) is 0 Å². The van der Waals surface area contributed by atoms with Crippen LogP contribution in [0.3, 0.4) is 0 Å². The lowest BCUT2D eigenvalue weighted by Crippen LogP contribution is -2.46. The van der Waals surface area contributed by atoms with E-state index in [4.69, 9.17) is 9.47 Å². The number of hydrogen-bond donors (Lipinski definition) is 1. The molecule has 7 nitrogen and oxygen atoms in total. The molecular formula is C20H26N4O3. The highest BCUT2D eigenvalue weighted by molar-refractivity contribution is 5.91. The third-order valence-corrected chi connectivity index (χ3v) is 5.27. The number of carbonyl (C=O) groups excluding carboxylic acids is 1. The Morgan fingerprint density at radius 3 is 2.85 bits per heavy atom. The number of likely N-dealkylation sites (tertiary alicyclic amines) is 1. The summed E-state index contributed by atoms with van der Waals surface area (Å²) < 4.78 is 13.2. The highest BCUT2D eigenvalue weighted by Crippen LogP contribution is 2.35. The fourth-order valence-electron chi connectivity index (χ4n) is 3.79. The lowest BCUT2D eigenvalue weighted by atomic mass is 10.00. The van der Waals surface area contributed by atoms with Crippen molar-refractivity contribution in [3.63, 3.8) is 0 Å². The van der Waals surface area contributed by atoms with Gasteiger partial charge in [0, 0.05) is 43.3 Å². The maximum Gasteiger partial charge on any atom is 0.322 e. The fourth-order valence-corrected chi connectivity index (χ4v) is 3.79. The Morgan fingerprint density at radius 2 is 2.07 bits per heavy atom. The van der Waals surface area contributed by atoms with Crippen molar-refractivity contribution in [2.24, 2.45) is 0 Å². The molecule has 1 atom stereocenters. The third kappa shape index (κ3) is 4.02. The number of aryl methyl sites for hydroxylation is 2. The normalized spacial score (nSPS) is 19.0. The Bertz CT molecular complexity index is 791. The first-order valence-electron chi connectivity index (χ1n) is 9.66. The number of nitrogens with one attached hydrogen (secondary N) is 1. The monoisotopic (exact) mass is 370 g/mol. The number of anilines is 1. The topological polar surface area (TPSA) is 68.6 Å². The van der Waals surface area contributed by atoms with Crippen LogP contribution in [0, 0.1) is 6.92 Å². The molecule has 144 valence electrons. The molecule has 2 aliphatic rings. The molecule has 2 aliphatic heterocycles. The van der Waals surface area contributed by atoms with E-state index in [1.165, 1.54) is 0 Å². The number of amides is 2. The van der Waals surface area contributed by atoms with Crippen molar-refractivity contribution in [1.82, 2.24) is 14.7 Å². The second kappa shape index (κ2) is 7.90. The van der Waals surface area contributed by atoms with Crippen LogP contribution in [0.4, 0.5) is 10.5 Å². The Labute approximate surface area is 159 Å². The first-order valence-corrected chi connectivity index (χ1v) is 9.66. The number of rotatable bonds is 4. The van der Waals surface area contributed by atoms with Gasteiger partial charge < -0.3 is 19.7 Å². The highest BCUT2D eigenvalue weighted by Gasteiger charge is 2.27. The van der Waals surface area contributed by atoms with Gasteiger partial charge in [0.15, 0.2) is 11.5 Å². The predicted octanol–water partition coefficient (Wildman–Crippen LogP) is 3.44. The zero-order chi connectivity index (χ0) is 18.6. The summed E-state index contributed by atoms with van der Waals surface area (Å²) in [6.07, 6.45) is 7.91. The van der Waals surface area contributed by atoms with Crippen molar-refractivity contribution in [3.05, 3.63) is 36.2 Å². The van der Waals surface area contributed by atoms with E-state index < -0.39 is 0 Å². The van der Waals surface area contributed by atoms with Gasteiger partial charge in [0.1, 0.15) is 13.2 Å². The smallest absolute Gasteiger partial charge is 0.322 e. The molecule has 0 bridgehead atoms. The molecule has 1 fully saturated rings. The first kappa shape index (κ1) is 17.7. The van der Waals surface area contributed by atoms with Gasteiger partial charge >= 0.3 is 6.03 Å². The van der Waals surface area contributed by atoms with Crippen LogP contribution in [0.1, 0.15) is 31.2 Å². The largest absolute Gasteiger partial charge is 0.486 e. The van der Waals surface area contributed by atoms with E-state index in [1.807, 2.05) is 40.9 Å². The molecule has 2 amide bonds. The number of carbonyl (C=O) groups is 1. The summed E-state index contributed by atoms with van der Waals surface area (Å²) in [7, 11) is 0. The van der Waals surface area contributed by atoms with E-state index in [0.717, 1.165) is 55.8 Å². The number of ether oxygens (including phenoxy) is 2. The molecule has 2 aromatic rings. The van der Waals surface area contributed by atoms with Crippen LogP contribution >= 0.6 is 0 Å². The van der Waals surface area contributed by atoms with Crippen molar-refractivity contribution < 1.29 is 14.3 Å². The summed E-state index contributed by atoms with van der Waals surface area (Å²) in [5, 5.41) is 7.34. The summed E-state index contributed by atoms with van der Waals surface area (Å²) in [6.45, 7) is 4.68. The molecule has 0 radical (unpaired) electrons. The van der Waals surface area contributed by atoms with Crippen LogP contribution in [-0.4, -0.2) is 46.5 Å². The maximum atomic E-state index is 13.0. The highest BCUT2D eigenvalue weighted by atomic mass is 16.6. The minimum atomic E-state index is -0.0417. The number of urea groups is 1. The Hall–Kier alpha value is -2.70. The minimum absolute atomic E-state index is 0.0417. The van der Waals surface area contributed by atoms with Crippen molar-refractivity contribution in [3.8, 4) is 11.5 Å². The van der Waals surface area contributed by atoms with E-state index in [2.05, 4.69) is 10.4 Å². The number of benzene rings is 1. The van der Waals surface area contributed by atoms with Crippen LogP contribution in [0.25, 0.3) is 0 Å². The number of aromatic nitrogens is 2. The van der Waals surface area contributed by atoms with E-state index in [0.29, 0.717) is 19.0 Å². The fraction of sp³-hybridized carbons (Fsp3) is 0.500. The maximum absolute atomic E-state index is 13.0. The van der Waals surface area contributed by atoms with Gasteiger partial charge in [0.25, 0.3) is 0 Å². The summed E-state index contributed by atoms with van der Waals surface area (Å²) in [4.78, 5) is 15.0. The van der Waals surface area contributed by atoms with Crippen molar-refractivity contribution in [1.29, 1.82) is 0 Å². The van der Waals surface area contributed by atoms with Gasteiger partial charge in [0.2, 0.25) is 0 Å². The molecule has 0 aliphatic carbocycles.